The second-order valence-electron chi connectivity index (χ2n) is 18.4. The minimum atomic E-state index is -0.213. The zero-order valence-corrected chi connectivity index (χ0v) is 30.4. The van der Waals surface area contributed by atoms with Crippen molar-refractivity contribution in [1.82, 2.24) is 9.80 Å². The number of hydrogen-bond donors (Lipinski definition) is 0. The Labute approximate surface area is 288 Å². The molecule has 0 radical (unpaired) electrons. The van der Waals surface area contributed by atoms with Gasteiger partial charge >= 0.3 is 0 Å². The number of carbonyl (C=O) groups excluding carboxylic acids is 4. The van der Waals surface area contributed by atoms with Gasteiger partial charge in [0.25, 0.3) is 0 Å². The Morgan fingerprint density at radius 1 is 0.542 bits per heavy atom. The average molecular weight is 667 g/mol. The molecule has 9 atom stereocenters. The topological polar surface area (TPSA) is 93.2 Å². The minimum absolute atomic E-state index is 0.00771. The van der Waals surface area contributed by atoms with Crippen LogP contribution < -0.4 is 0 Å². The molecular formula is C40H62N2O6. The van der Waals surface area contributed by atoms with Gasteiger partial charge in [-0.1, -0.05) is 27.7 Å². The molecule has 8 nitrogen and oxygen atoms in total. The van der Waals surface area contributed by atoms with Crippen molar-refractivity contribution in [3.05, 3.63) is 0 Å². The number of carbonyl (C=O) groups is 4. The summed E-state index contributed by atoms with van der Waals surface area (Å²) in [6.45, 7) is 9.44. The third kappa shape index (κ3) is 6.67. The monoisotopic (exact) mass is 666 g/mol. The van der Waals surface area contributed by atoms with Crippen molar-refractivity contribution in [2.45, 2.75) is 167 Å². The highest BCUT2D eigenvalue weighted by atomic mass is 16.5. The van der Waals surface area contributed by atoms with Gasteiger partial charge in [-0.15, -0.1) is 0 Å². The Morgan fingerprint density at radius 3 is 1.67 bits per heavy atom. The summed E-state index contributed by atoms with van der Waals surface area (Å²) in [4.78, 5) is 55.8. The summed E-state index contributed by atoms with van der Waals surface area (Å²) in [7, 11) is 1.61. The number of fused-ring (bicyclic) bond motifs is 2. The maximum absolute atomic E-state index is 13.9. The predicted molar refractivity (Wildman–Crippen MR) is 182 cm³/mol. The van der Waals surface area contributed by atoms with E-state index in [2.05, 4.69) is 27.7 Å². The van der Waals surface area contributed by atoms with E-state index >= 15 is 0 Å². The van der Waals surface area contributed by atoms with Crippen molar-refractivity contribution in [2.24, 2.45) is 52.8 Å². The Balaban J connectivity index is 0.899. The summed E-state index contributed by atoms with van der Waals surface area (Å²) >= 11 is 0. The summed E-state index contributed by atoms with van der Waals surface area (Å²) in [6.07, 6.45) is 17.8. The molecule has 0 aromatic rings. The molecule has 48 heavy (non-hydrogen) atoms. The second-order valence-corrected chi connectivity index (χ2v) is 18.4. The van der Waals surface area contributed by atoms with Crippen LogP contribution in [0.2, 0.25) is 0 Å². The van der Waals surface area contributed by atoms with Crippen LogP contribution in [0.1, 0.15) is 137 Å². The molecule has 2 aliphatic heterocycles. The molecule has 4 amide bonds. The van der Waals surface area contributed by atoms with Gasteiger partial charge in [0.2, 0.25) is 23.6 Å². The second kappa shape index (κ2) is 13.7. The first-order valence-corrected chi connectivity index (χ1v) is 19.9. The quantitative estimate of drug-likeness (QED) is 0.286. The molecule has 7 fully saturated rings. The molecule has 0 spiro atoms. The SMILES string of the molecule is CC1CCC(OC2CCC(OC3CCC(N4C(=O)C5CCC(C6CCC7C(=O)N(C)C(=O)C7C6)CC5C4=O)CC3)CC2C(C)(C)C)CC1. The summed E-state index contributed by atoms with van der Waals surface area (Å²) < 4.78 is 13.6. The van der Waals surface area contributed by atoms with E-state index in [4.69, 9.17) is 9.47 Å². The first-order valence-electron chi connectivity index (χ1n) is 19.9. The smallest absolute Gasteiger partial charge is 0.233 e. The molecule has 0 bridgehead atoms. The van der Waals surface area contributed by atoms with Gasteiger partial charge in [0, 0.05) is 13.1 Å². The van der Waals surface area contributed by atoms with Gasteiger partial charge in [0.05, 0.1) is 48.1 Å². The maximum atomic E-state index is 13.9. The van der Waals surface area contributed by atoms with E-state index in [0.29, 0.717) is 30.0 Å². The number of imide groups is 2. The summed E-state index contributed by atoms with van der Waals surface area (Å²) in [5, 5.41) is 0. The molecule has 5 aliphatic carbocycles. The third-order valence-corrected chi connectivity index (χ3v) is 14.4. The molecule has 9 unspecified atom stereocenters. The van der Waals surface area contributed by atoms with Gasteiger partial charge in [-0.3, -0.25) is 29.0 Å². The fraction of sp³-hybridized carbons (Fsp3) is 0.900. The number of nitrogens with zero attached hydrogens (tertiary/aromatic N) is 2. The Hall–Kier alpha value is -1.80. The average Bonchev–Trinajstić information content (AvgIpc) is 3.45. The summed E-state index contributed by atoms with van der Waals surface area (Å²) in [5.74, 6) is 1.36. The van der Waals surface area contributed by atoms with E-state index in [1.165, 1.54) is 30.6 Å². The molecular weight excluding hydrogens is 604 g/mol. The van der Waals surface area contributed by atoms with Crippen LogP contribution in [0.25, 0.3) is 0 Å². The molecule has 2 heterocycles. The van der Waals surface area contributed by atoms with E-state index in [9.17, 15) is 19.2 Å². The standard InChI is InChI=1S/C40H62N2O6/c1-23-6-12-28(13-7-23)48-35-19-16-29(22-34(35)40(2,3)4)47-27-14-10-26(11-15-27)42-38(45)31-18-9-25(21-33(31)39(42)46)24-8-17-30-32(20-24)37(44)41(5)36(30)43/h23-35H,6-22H2,1-5H3. The Kier molecular flexibility index (Phi) is 9.91. The van der Waals surface area contributed by atoms with E-state index in [0.717, 1.165) is 89.4 Å². The Bertz CT molecular complexity index is 1230. The van der Waals surface area contributed by atoms with Crippen molar-refractivity contribution in [1.29, 1.82) is 0 Å². The van der Waals surface area contributed by atoms with Gasteiger partial charge in [-0.25, -0.2) is 0 Å². The number of likely N-dealkylation sites (tertiary alicyclic amines) is 2. The first kappa shape index (κ1) is 34.6. The van der Waals surface area contributed by atoms with Crippen LogP contribution in [-0.2, 0) is 28.7 Å². The van der Waals surface area contributed by atoms with Gasteiger partial charge < -0.3 is 9.47 Å². The summed E-state index contributed by atoms with van der Waals surface area (Å²) in [6, 6.07) is -0.00771. The number of rotatable bonds is 6. The Morgan fingerprint density at radius 2 is 1.04 bits per heavy atom. The van der Waals surface area contributed by atoms with E-state index in [-0.39, 0.29) is 71.0 Å². The first-order chi connectivity index (χ1) is 22.9. The maximum Gasteiger partial charge on any atom is 0.233 e. The van der Waals surface area contributed by atoms with Crippen molar-refractivity contribution in [2.75, 3.05) is 7.05 Å². The lowest BCUT2D eigenvalue weighted by atomic mass is 9.64. The van der Waals surface area contributed by atoms with Crippen molar-refractivity contribution in [3.63, 3.8) is 0 Å². The predicted octanol–water partition coefficient (Wildman–Crippen LogP) is 6.93. The highest BCUT2D eigenvalue weighted by Gasteiger charge is 2.55. The zero-order valence-electron chi connectivity index (χ0n) is 30.4. The lowest BCUT2D eigenvalue weighted by Crippen LogP contribution is -2.46. The van der Waals surface area contributed by atoms with Gasteiger partial charge in [-0.2, -0.15) is 0 Å². The number of amides is 4. The van der Waals surface area contributed by atoms with Crippen molar-refractivity contribution in [3.8, 4) is 0 Å². The van der Waals surface area contributed by atoms with Crippen LogP contribution in [-0.4, -0.2) is 70.9 Å². The fourth-order valence-corrected chi connectivity index (χ4v) is 11.5. The molecule has 7 rings (SSSR count). The molecule has 7 aliphatic rings. The van der Waals surface area contributed by atoms with E-state index < -0.39 is 0 Å². The molecule has 2 saturated heterocycles. The lowest BCUT2D eigenvalue weighted by Gasteiger charge is -2.45. The molecule has 0 N–H and O–H groups in total. The molecule has 5 saturated carbocycles. The van der Waals surface area contributed by atoms with Crippen LogP contribution in [0.4, 0.5) is 0 Å². The number of hydrogen-bond acceptors (Lipinski definition) is 6. The third-order valence-electron chi connectivity index (χ3n) is 14.4. The molecule has 8 heteroatoms. The molecule has 268 valence electrons. The lowest BCUT2D eigenvalue weighted by molar-refractivity contribution is -0.148. The minimum Gasteiger partial charge on any atom is -0.375 e. The summed E-state index contributed by atoms with van der Waals surface area (Å²) in [5.41, 5.74) is 0.168. The van der Waals surface area contributed by atoms with E-state index in [1.54, 1.807) is 11.9 Å². The van der Waals surface area contributed by atoms with Gasteiger partial charge in [-0.05, 0) is 138 Å². The normalized spacial score (nSPS) is 44.2. The van der Waals surface area contributed by atoms with Crippen LogP contribution in [0.15, 0.2) is 0 Å². The largest absolute Gasteiger partial charge is 0.375 e. The van der Waals surface area contributed by atoms with Crippen LogP contribution in [0.5, 0.6) is 0 Å². The molecule has 0 aromatic carbocycles. The van der Waals surface area contributed by atoms with Gasteiger partial charge in [0.15, 0.2) is 0 Å². The highest BCUT2D eigenvalue weighted by molar-refractivity contribution is 6.06. The van der Waals surface area contributed by atoms with Crippen LogP contribution in [0.3, 0.4) is 0 Å². The highest BCUT2D eigenvalue weighted by Crippen LogP contribution is 2.50. The fourth-order valence-electron chi connectivity index (χ4n) is 11.5. The number of ether oxygens (including phenoxy) is 2. The van der Waals surface area contributed by atoms with Crippen LogP contribution >= 0.6 is 0 Å². The van der Waals surface area contributed by atoms with Gasteiger partial charge in [0.1, 0.15) is 0 Å². The van der Waals surface area contributed by atoms with E-state index in [1.807, 2.05) is 0 Å². The van der Waals surface area contributed by atoms with Crippen LogP contribution in [0, 0.1) is 52.8 Å². The molecule has 0 aromatic heterocycles. The van der Waals surface area contributed by atoms with Crippen molar-refractivity contribution < 1.29 is 28.7 Å². The van der Waals surface area contributed by atoms with Crippen molar-refractivity contribution >= 4 is 23.6 Å². The zero-order chi connectivity index (χ0) is 33.9.